The molecular formula is C20H24N2O5S. The predicted octanol–water partition coefficient (Wildman–Crippen LogP) is 2.46. The zero-order chi connectivity index (χ0) is 20.1. The molecule has 0 radical (unpaired) electrons. The van der Waals surface area contributed by atoms with Crippen molar-refractivity contribution >= 4 is 15.9 Å². The van der Waals surface area contributed by atoms with E-state index in [0.29, 0.717) is 29.4 Å². The van der Waals surface area contributed by atoms with Crippen LogP contribution in [0.2, 0.25) is 0 Å². The third-order valence-electron chi connectivity index (χ3n) is 4.86. The summed E-state index contributed by atoms with van der Waals surface area (Å²) in [5.41, 5.74) is 0.780. The van der Waals surface area contributed by atoms with Crippen molar-refractivity contribution in [1.29, 1.82) is 0 Å². The lowest BCUT2D eigenvalue weighted by Gasteiger charge is -2.19. The van der Waals surface area contributed by atoms with Crippen molar-refractivity contribution < 1.29 is 22.7 Å². The van der Waals surface area contributed by atoms with Gasteiger partial charge in [-0.25, -0.2) is 13.2 Å². The molecule has 1 aliphatic heterocycles. The quantitative estimate of drug-likeness (QED) is 0.799. The van der Waals surface area contributed by atoms with Crippen LogP contribution in [-0.2, 0) is 16.4 Å². The highest BCUT2D eigenvalue weighted by atomic mass is 32.2. The summed E-state index contributed by atoms with van der Waals surface area (Å²) in [6, 6.07) is 13.5. The summed E-state index contributed by atoms with van der Waals surface area (Å²) in [7, 11) is -0.352. The molecule has 2 amide bonds. The lowest BCUT2D eigenvalue weighted by atomic mass is 10.2. The molecule has 0 saturated carbocycles. The number of sulfone groups is 1. The van der Waals surface area contributed by atoms with Crippen LogP contribution in [0.25, 0.3) is 0 Å². The van der Waals surface area contributed by atoms with Crippen molar-refractivity contribution in [2.24, 2.45) is 0 Å². The zero-order valence-electron chi connectivity index (χ0n) is 15.9. The van der Waals surface area contributed by atoms with Gasteiger partial charge in [-0.1, -0.05) is 30.3 Å². The summed E-state index contributed by atoms with van der Waals surface area (Å²) in [4.78, 5) is 14.4. The minimum absolute atomic E-state index is 0.179. The number of ether oxygens (including phenoxy) is 2. The van der Waals surface area contributed by atoms with Gasteiger partial charge in [0, 0.05) is 25.2 Å². The Balaban J connectivity index is 1.63. The van der Waals surface area contributed by atoms with Crippen LogP contribution in [0.5, 0.6) is 11.5 Å². The van der Waals surface area contributed by atoms with Gasteiger partial charge >= 0.3 is 6.03 Å². The van der Waals surface area contributed by atoms with Crippen LogP contribution in [0.15, 0.2) is 53.4 Å². The van der Waals surface area contributed by atoms with Crippen LogP contribution in [0, 0.1) is 0 Å². The highest BCUT2D eigenvalue weighted by Gasteiger charge is 2.36. The van der Waals surface area contributed by atoms with Gasteiger partial charge in [0.1, 0.15) is 0 Å². The third kappa shape index (κ3) is 4.06. The van der Waals surface area contributed by atoms with Crippen LogP contribution in [-0.4, -0.2) is 51.9 Å². The topological polar surface area (TPSA) is 84.9 Å². The number of rotatable bonds is 6. The molecule has 1 N–H and O–H groups in total. The van der Waals surface area contributed by atoms with Gasteiger partial charge < -0.3 is 19.7 Å². The maximum absolute atomic E-state index is 12.7. The zero-order valence-corrected chi connectivity index (χ0v) is 16.7. The lowest BCUT2D eigenvalue weighted by molar-refractivity contribution is 0.208. The standard InChI is InChI=1S/C20H24N2O5S/c1-26-18-10-6-7-15(19(18)27-2)13-21-20(23)22-12-11-17(14-22)28(24,25)16-8-4-3-5-9-16/h3-10,17H,11-14H2,1-2H3,(H,21,23). The van der Waals surface area contributed by atoms with E-state index < -0.39 is 15.1 Å². The number of carbonyl (C=O) groups is 1. The Morgan fingerprint density at radius 3 is 2.54 bits per heavy atom. The molecule has 0 bridgehead atoms. The second kappa shape index (κ2) is 8.52. The molecule has 1 fully saturated rings. The van der Waals surface area contributed by atoms with Gasteiger partial charge in [-0.3, -0.25) is 0 Å². The largest absolute Gasteiger partial charge is 0.493 e. The molecule has 1 atom stereocenters. The average Bonchev–Trinajstić information content (AvgIpc) is 3.23. The van der Waals surface area contributed by atoms with Crippen LogP contribution in [0.1, 0.15) is 12.0 Å². The molecule has 0 spiro atoms. The second-order valence-electron chi connectivity index (χ2n) is 6.53. The molecule has 2 aromatic carbocycles. The normalized spacial score (nSPS) is 16.6. The molecule has 1 aliphatic rings. The van der Waals surface area contributed by atoms with Gasteiger partial charge in [-0.2, -0.15) is 0 Å². The Morgan fingerprint density at radius 1 is 1.11 bits per heavy atom. The Bertz CT molecular complexity index is 931. The Kier molecular flexibility index (Phi) is 6.08. The van der Waals surface area contributed by atoms with Crippen LogP contribution in [0.4, 0.5) is 4.79 Å². The van der Waals surface area contributed by atoms with Crippen molar-refractivity contribution in [2.45, 2.75) is 23.1 Å². The smallest absolute Gasteiger partial charge is 0.317 e. The molecule has 2 aromatic rings. The second-order valence-corrected chi connectivity index (χ2v) is 8.75. The molecule has 8 heteroatoms. The fourth-order valence-corrected chi connectivity index (χ4v) is 5.06. The van der Waals surface area contributed by atoms with E-state index in [1.807, 2.05) is 12.1 Å². The molecule has 1 heterocycles. The number of amides is 2. The number of hydrogen-bond donors (Lipinski definition) is 1. The monoisotopic (exact) mass is 404 g/mol. The predicted molar refractivity (Wildman–Crippen MR) is 105 cm³/mol. The minimum atomic E-state index is -3.45. The van der Waals surface area contributed by atoms with E-state index in [0.717, 1.165) is 5.56 Å². The van der Waals surface area contributed by atoms with Crippen molar-refractivity contribution in [3.05, 3.63) is 54.1 Å². The summed E-state index contributed by atoms with van der Waals surface area (Å²) in [5.74, 6) is 1.15. The van der Waals surface area contributed by atoms with Gasteiger partial charge in [-0.15, -0.1) is 0 Å². The third-order valence-corrected chi connectivity index (χ3v) is 7.05. The highest BCUT2D eigenvalue weighted by Crippen LogP contribution is 2.30. The molecule has 28 heavy (non-hydrogen) atoms. The Labute approximate surface area is 165 Å². The van der Waals surface area contributed by atoms with Gasteiger partial charge in [0.25, 0.3) is 0 Å². The molecule has 3 rings (SSSR count). The molecule has 0 aliphatic carbocycles. The van der Waals surface area contributed by atoms with E-state index in [9.17, 15) is 13.2 Å². The molecule has 1 saturated heterocycles. The number of nitrogens with one attached hydrogen (secondary N) is 1. The highest BCUT2D eigenvalue weighted by molar-refractivity contribution is 7.92. The van der Waals surface area contributed by atoms with E-state index in [2.05, 4.69) is 5.32 Å². The first-order valence-corrected chi connectivity index (χ1v) is 10.5. The molecular weight excluding hydrogens is 380 g/mol. The fraction of sp³-hybridized carbons (Fsp3) is 0.350. The number of benzene rings is 2. The number of urea groups is 1. The fourth-order valence-electron chi connectivity index (χ4n) is 3.34. The summed E-state index contributed by atoms with van der Waals surface area (Å²) < 4.78 is 36.1. The number of hydrogen-bond acceptors (Lipinski definition) is 5. The molecule has 150 valence electrons. The van der Waals surface area contributed by atoms with Crippen LogP contribution >= 0.6 is 0 Å². The van der Waals surface area contributed by atoms with Gasteiger partial charge in [0.2, 0.25) is 0 Å². The number of carbonyl (C=O) groups excluding carboxylic acids is 1. The summed E-state index contributed by atoms with van der Waals surface area (Å²) in [6.45, 7) is 0.835. The van der Waals surface area contributed by atoms with E-state index in [-0.39, 0.29) is 19.1 Å². The first-order chi connectivity index (χ1) is 13.5. The van der Waals surface area contributed by atoms with E-state index in [1.54, 1.807) is 50.6 Å². The summed E-state index contributed by atoms with van der Waals surface area (Å²) in [6.07, 6.45) is 0.424. The first kappa shape index (κ1) is 20.0. The molecule has 7 nitrogen and oxygen atoms in total. The average molecular weight is 404 g/mol. The first-order valence-electron chi connectivity index (χ1n) is 8.99. The van der Waals surface area contributed by atoms with Gasteiger partial charge in [0.15, 0.2) is 21.3 Å². The number of methoxy groups -OCH3 is 2. The number of nitrogens with zero attached hydrogens (tertiary/aromatic N) is 1. The summed E-state index contributed by atoms with van der Waals surface area (Å²) >= 11 is 0. The van der Waals surface area contributed by atoms with Crippen molar-refractivity contribution in [3.63, 3.8) is 0 Å². The van der Waals surface area contributed by atoms with E-state index >= 15 is 0 Å². The van der Waals surface area contributed by atoms with Crippen molar-refractivity contribution in [1.82, 2.24) is 10.2 Å². The molecule has 0 aromatic heterocycles. The van der Waals surface area contributed by atoms with Crippen molar-refractivity contribution in [2.75, 3.05) is 27.3 Å². The van der Waals surface area contributed by atoms with Gasteiger partial charge in [-0.05, 0) is 24.6 Å². The number of para-hydroxylation sites is 1. The Morgan fingerprint density at radius 2 is 1.86 bits per heavy atom. The maximum atomic E-state index is 12.7. The minimum Gasteiger partial charge on any atom is -0.493 e. The van der Waals surface area contributed by atoms with Crippen LogP contribution < -0.4 is 14.8 Å². The summed E-state index contributed by atoms with van der Waals surface area (Å²) in [5, 5.41) is 2.24. The van der Waals surface area contributed by atoms with Crippen molar-refractivity contribution in [3.8, 4) is 11.5 Å². The molecule has 1 unspecified atom stereocenters. The van der Waals surface area contributed by atoms with Gasteiger partial charge in [0.05, 0.1) is 24.4 Å². The maximum Gasteiger partial charge on any atom is 0.317 e. The Hall–Kier alpha value is -2.74. The SMILES string of the molecule is COc1cccc(CNC(=O)N2CCC(S(=O)(=O)c3ccccc3)C2)c1OC. The van der Waals surface area contributed by atoms with Crippen LogP contribution in [0.3, 0.4) is 0 Å². The van der Waals surface area contributed by atoms with E-state index in [1.165, 1.54) is 4.90 Å². The van der Waals surface area contributed by atoms with E-state index in [4.69, 9.17) is 9.47 Å². The lowest BCUT2D eigenvalue weighted by Crippen LogP contribution is -2.39. The number of likely N-dealkylation sites (tertiary alicyclic amines) is 1.